The van der Waals surface area contributed by atoms with Gasteiger partial charge in [-0.1, -0.05) is 12.1 Å². The molecule has 16 heavy (non-hydrogen) atoms. The van der Waals surface area contributed by atoms with Crippen molar-refractivity contribution in [1.29, 1.82) is 0 Å². The standard InChI is InChI=1S/C11H16N4O/c1-4-9(12)11-5-10(14-16-11)8-6-15(3)13-7(8)2/h5-6,9H,4,12H2,1-3H3. The zero-order valence-electron chi connectivity index (χ0n) is 9.77. The van der Waals surface area contributed by atoms with E-state index in [9.17, 15) is 0 Å². The molecule has 2 aromatic heterocycles. The van der Waals surface area contributed by atoms with E-state index in [-0.39, 0.29) is 6.04 Å². The summed E-state index contributed by atoms with van der Waals surface area (Å²) in [7, 11) is 1.88. The van der Waals surface area contributed by atoms with Crippen LogP contribution in [0.5, 0.6) is 0 Å². The van der Waals surface area contributed by atoms with Crippen LogP contribution < -0.4 is 5.73 Å². The number of hydrogen-bond donors (Lipinski definition) is 1. The zero-order valence-corrected chi connectivity index (χ0v) is 9.77. The lowest BCUT2D eigenvalue weighted by Crippen LogP contribution is -2.06. The highest BCUT2D eigenvalue weighted by molar-refractivity contribution is 5.60. The van der Waals surface area contributed by atoms with E-state index in [1.807, 2.05) is 33.2 Å². The van der Waals surface area contributed by atoms with E-state index < -0.39 is 0 Å². The van der Waals surface area contributed by atoms with Crippen LogP contribution in [0.1, 0.15) is 30.8 Å². The Labute approximate surface area is 94.2 Å². The molecule has 5 nitrogen and oxygen atoms in total. The molecule has 0 spiro atoms. The summed E-state index contributed by atoms with van der Waals surface area (Å²) in [5.41, 5.74) is 8.59. The third-order valence-electron chi connectivity index (χ3n) is 2.62. The number of aromatic nitrogens is 3. The van der Waals surface area contributed by atoms with Crippen molar-refractivity contribution in [2.24, 2.45) is 12.8 Å². The number of rotatable bonds is 3. The number of nitrogens with zero attached hydrogens (tertiary/aromatic N) is 3. The van der Waals surface area contributed by atoms with Crippen molar-refractivity contribution in [1.82, 2.24) is 14.9 Å². The Morgan fingerprint density at radius 1 is 1.56 bits per heavy atom. The summed E-state index contributed by atoms with van der Waals surface area (Å²) in [4.78, 5) is 0. The largest absolute Gasteiger partial charge is 0.359 e. The molecule has 5 heteroatoms. The Hall–Kier alpha value is -1.62. The van der Waals surface area contributed by atoms with Crippen molar-refractivity contribution in [3.63, 3.8) is 0 Å². The maximum Gasteiger partial charge on any atom is 0.154 e. The van der Waals surface area contributed by atoms with E-state index in [0.29, 0.717) is 0 Å². The van der Waals surface area contributed by atoms with Gasteiger partial charge < -0.3 is 10.3 Å². The van der Waals surface area contributed by atoms with Gasteiger partial charge in [-0.15, -0.1) is 0 Å². The molecule has 2 heterocycles. The Kier molecular flexibility index (Phi) is 2.78. The van der Waals surface area contributed by atoms with Gasteiger partial charge in [0.15, 0.2) is 5.76 Å². The van der Waals surface area contributed by atoms with E-state index in [1.165, 1.54) is 0 Å². The normalized spacial score (nSPS) is 13.0. The van der Waals surface area contributed by atoms with Gasteiger partial charge in [0.25, 0.3) is 0 Å². The van der Waals surface area contributed by atoms with Crippen LogP contribution in [0.3, 0.4) is 0 Å². The Morgan fingerprint density at radius 2 is 2.31 bits per heavy atom. The minimum Gasteiger partial charge on any atom is -0.359 e. The van der Waals surface area contributed by atoms with Crippen molar-refractivity contribution < 1.29 is 4.52 Å². The van der Waals surface area contributed by atoms with Gasteiger partial charge in [-0.25, -0.2) is 0 Å². The predicted molar refractivity (Wildman–Crippen MR) is 60.7 cm³/mol. The van der Waals surface area contributed by atoms with Crippen LogP contribution in [-0.2, 0) is 7.05 Å². The fourth-order valence-electron chi connectivity index (χ4n) is 1.64. The molecule has 0 fully saturated rings. The SMILES string of the molecule is CCC(N)c1cc(-c2cn(C)nc2C)no1. The first-order valence-corrected chi connectivity index (χ1v) is 5.34. The highest BCUT2D eigenvalue weighted by atomic mass is 16.5. The fourth-order valence-corrected chi connectivity index (χ4v) is 1.64. The summed E-state index contributed by atoms with van der Waals surface area (Å²) in [6.07, 6.45) is 2.76. The van der Waals surface area contributed by atoms with Crippen molar-refractivity contribution >= 4 is 0 Å². The highest BCUT2D eigenvalue weighted by Gasteiger charge is 2.14. The molecule has 0 amide bonds. The van der Waals surface area contributed by atoms with Gasteiger partial charge in [0.2, 0.25) is 0 Å². The molecule has 0 saturated carbocycles. The highest BCUT2D eigenvalue weighted by Crippen LogP contribution is 2.24. The molecular formula is C11H16N4O. The third-order valence-corrected chi connectivity index (χ3v) is 2.62. The van der Waals surface area contributed by atoms with Crippen LogP contribution in [0.25, 0.3) is 11.3 Å². The van der Waals surface area contributed by atoms with E-state index in [4.69, 9.17) is 10.3 Å². The van der Waals surface area contributed by atoms with Crippen molar-refractivity contribution in [2.45, 2.75) is 26.3 Å². The second-order valence-electron chi connectivity index (χ2n) is 3.93. The van der Waals surface area contributed by atoms with Gasteiger partial charge in [-0.3, -0.25) is 4.68 Å². The summed E-state index contributed by atoms with van der Waals surface area (Å²) in [5.74, 6) is 0.723. The molecule has 0 saturated heterocycles. The second kappa shape index (κ2) is 4.09. The molecule has 0 bridgehead atoms. The summed E-state index contributed by atoms with van der Waals surface area (Å²) >= 11 is 0. The van der Waals surface area contributed by atoms with Crippen molar-refractivity contribution in [2.75, 3.05) is 0 Å². The number of hydrogen-bond acceptors (Lipinski definition) is 4. The monoisotopic (exact) mass is 220 g/mol. The fraction of sp³-hybridized carbons (Fsp3) is 0.455. The molecule has 0 aliphatic rings. The van der Waals surface area contributed by atoms with E-state index in [2.05, 4.69) is 10.3 Å². The molecule has 2 aromatic rings. The Balaban J connectivity index is 2.35. The predicted octanol–water partition coefficient (Wildman–Crippen LogP) is 1.79. The molecule has 0 aliphatic carbocycles. The van der Waals surface area contributed by atoms with Gasteiger partial charge in [0.05, 0.1) is 11.7 Å². The molecule has 1 atom stereocenters. The number of nitrogens with two attached hydrogens (primary N) is 1. The first-order valence-electron chi connectivity index (χ1n) is 5.34. The third kappa shape index (κ3) is 1.86. The van der Waals surface area contributed by atoms with Crippen LogP contribution in [0, 0.1) is 6.92 Å². The lowest BCUT2D eigenvalue weighted by atomic mass is 10.1. The van der Waals surface area contributed by atoms with E-state index >= 15 is 0 Å². The zero-order chi connectivity index (χ0) is 11.7. The average molecular weight is 220 g/mol. The summed E-state index contributed by atoms with van der Waals surface area (Å²) in [6.45, 7) is 3.96. The van der Waals surface area contributed by atoms with Gasteiger partial charge in [0.1, 0.15) is 5.69 Å². The lowest BCUT2D eigenvalue weighted by molar-refractivity contribution is 0.360. The van der Waals surface area contributed by atoms with E-state index in [0.717, 1.165) is 29.1 Å². The molecule has 2 N–H and O–H groups in total. The molecular weight excluding hydrogens is 204 g/mol. The van der Waals surface area contributed by atoms with Crippen LogP contribution in [-0.4, -0.2) is 14.9 Å². The molecule has 2 rings (SSSR count). The second-order valence-corrected chi connectivity index (χ2v) is 3.93. The summed E-state index contributed by atoms with van der Waals surface area (Å²) < 4.78 is 6.99. The van der Waals surface area contributed by atoms with Gasteiger partial charge in [0, 0.05) is 24.9 Å². The first kappa shape index (κ1) is 10.9. The quantitative estimate of drug-likeness (QED) is 0.856. The first-order chi connectivity index (χ1) is 7.61. The van der Waals surface area contributed by atoms with Crippen LogP contribution in [0.15, 0.2) is 16.8 Å². The Bertz CT molecular complexity index is 486. The molecule has 1 unspecified atom stereocenters. The molecule has 0 radical (unpaired) electrons. The number of aryl methyl sites for hydroxylation is 2. The van der Waals surface area contributed by atoms with Crippen LogP contribution in [0.4, 0.5) is 0 Å². The molecule has 0 aliphatic heterocycles. The van der Waals surface area contributed by atoms with Gasteiger partial charge in [-0.2, -0.15) is 5.10 Å². The van der Waals surface area contributed by atoms with E-state index in [1.54, 1.807) is 4.68 Å². The topological polar surface area (TPSA) is 69.9 Å². The summed E-state index contributed by atoms with van der Waals surface area (Å²) in [5, 5.41) is 8.29. The van der Waals surface area contributed by atoms with Crippen LogP contribution in [0.2, 0.25) is 0 Å². The van der Waals surface area contributed by atoms with Gasteiger partial charge in [-0.05, 0) is 13.3 Å². The summed E-state index contributed by atoms with van der Waals surface area (Å²) in [6, 6.07) is 1.80. The minimum atomic E-state index is -0.0850. The van der Waals surface area contributed by atoms with Gasteiger partial charge >= 0.3 is 0 Å². The Morgan fingerprint density at radius 3 is 2.88 bits per heavy atom. The average Bonchev–Trinajstić information content (AvgIpc) is 2.83. The van der Waals surface area contributed by atoms with Crippen molar-refractivity contribution in [3.05, 3.63) is 23.7 Å². The molecule has 86 valence electrons. The molecule has 0 aromatic carbocycles. The maximum absolute atomic E-state index is 5.87. The minimum absolute atomic E-state index is 0.0850. The smallest absolute Gasteiger partial charge is 0.154 e. The van der Waals surface area contributed by atoms with Crippen LogP contribution >= 0.6 is 0 Å². The maximum atomic E-state index is 5.87. The lowest BCUT2D eigenvalue weighted by Gasteiger charge is -2.00. The van der Waals surface area contributed by atoms with Crippen molar-refractivity contribution in [3.8, 4) is 11.3 Å².